The van der Waals surface area contributed by atoms with Crippen molar-refractivity contribution in [2.24, 2.45) is 5.84 Å². The molecule has 2 heterocycles. The number of para-hydroxylation sites is 1. The summed E-state index contributed by atoms with van der Waals surface area (Å²) in [5.74, 6) is 6.55. The summed E-state index contributed by atoms with van der Waals surface area (Å²) in [6.45, 7) is 10.7. The molecule has 1 fully saturated rings. The predicted molar refractivity (Wildman–Crippen MR) is 112 cm³/mol. The van der Waals surface area contributed by atoms with Gasteiger partial charge in [0.1, 0.15) is 5.82 Å². The largest absolute Gasteiger partial charge is 0.379 e. The summed E-state index contributed by atoms with van der Waals surface area (Å²) in [5.41, 5.74) is 2.54. The van der Waals surface area contributed by atoms with Gasteiger partial charge in [0.05, 0.1) is 18.7 Å². The van der Waals surface area contributed by atoms with Gasteiger partial charge in [-0.1, -0.05) is 24.8 Å². The number of amides is 1. The summed E-state index contributed by atoms with van der Waals surface area (Å²) in [5, 5.41) is 5.58. The molecule has 7 heteroatoms. The minimum Gasteiger partial charge on any atom is -0.379 e. The first kappa shape index (κ1) is 20.1. The fourth-order valence-corrected chi connectivity index (χ4v) is 3.37. The highest BCUT2D eigenvalue weighted by atomic mass is 16.5. The Morgan fingerprint density at radius 2 is 2.07 bits per heavy atom. The lowest BCUT2D eigenvalue weighted by Crippen LogP contribution is -2.41. The predicted octanol–water partition coefficient (Wildman–Crippen LogP) is 1.56. The van der Waals surface area contributed by atoms with E-state index in [1.165, 1.54) is 5.01 Å². The van der Waals surface area contributed by atoms with Gasteiger partial charge in [0.25, 0.3) is 5.91 Å². The van der Waals surface area contributed by atoms with Crippen molar-refractivity contribution in [2.75, 3.05) is 46.4 Å². The number of morpholine rings is 1. The Bertz CT molecular complexity index is 878. The van der Waals surface area contributed by atoms with Crippen LogP contribution in [0, 0.1) is 6.92 Å². The van der Waals surface area contributed by atoms with Gasteiger partial charge in [-0.05, 0) is 24.6 Å². The highest BCUT2D eigenvalue weighted by Crippen LogP contribution is 2.24. The molecule has 1 amide bonds. The second-order valence-corrected chi connectivity index (χ2v) is 7.05. The maximum atomic E-state index is 12.5. The zero-order valence-electron chi connectivity index (χ0n) is 16.6. The van der Waals surface area contributed by atoms with E-state index in [1.54, 1.807) is 13.1 Å². The number of nitrogens with one attached hydrogen (secondary N) is 1. The molecular formula is C21H29N5O2. The number of nitrogens with zero attached hydrogens (tertiary/aromatic N) is 3. The molecule has 3 rings (SSSR count). The Labute approximate surface area is 166 Å². The number of carbonyl (C=O) groups excluding carboxylic acids is 1. The normalized spacial score (nSPS) is 15.6. The number of rotatable bonds is 7. The van der Waals surface area contributed by atoms with E-state index in [0.717, 1.165) is 49.3 Å². The van der Waals surface area contributed by atoms with Crippen molar-refractivity contribution >= 4 is 22.6 Å². The van der Waals surface area contributed by atoms with Crippen molar-refractivity contribution < 1.29 is 9.53 Å². The van der Waals surface area contributed by atoms with Crippen molar-refractivity contribution in [3.63, 3.8) is 0 Å². The van der Waals surface area contributed by atoms with Crippen molar-refractivity contribution in [3.8, 4) is 0 Å². The van der Waals surface area contributed by atoms with Gasteiger partial charge in [0.15, 0.2) is 0 Å². The monoisotopic (exact) mass is 383 g/mol. The summed E-state index contributed by atoms with van der Waals surface area (Å²) in [6.07, 6.45) is 3.74. The molecule has 0 unspecified atom stereocenters. The maximum absolute atomic E-state index is 12.5. The van der Waals surface area contributed by atoms with Gasteiger partial charge < -0.3 is 14.6 Å². The molecule has 2 aromatic rings. The minimum atomic E-state index is -0.194. The summed E-state index contributed by atoms with van der Waals surface area (Å²) in [6, 6.07) is 8.10. The number of hydrogen-bond donors (Lipinski definition) is 2. The van der Waals surface area contributed by atoms with E-state index in [0.29, 0.717) is 17.9 Å². The SMILES string of the molecule is C=C(/C=C(\N(C)N)n1cc(C)c2ccccc21)C(=O)NCCN1CCOCC1. The number of hydrazine groups is 1. The van der Waals surface area contributed by atoms with E-state index >= 15 is 0 Å². The van der Waals surface area contributed by atoms with Crippen LogP contribution < -0.4 is 11.2 Å². The minimum absolute atomic E-state index is 0.194. The second kappa shape index (κ2) is 9.05. The lowest BCUT2D eigenvalue weighted by atomic mass is 10.2. The smallest absolute Gasteiger partial charge is 0.250 e. The topological polar surface area (TPSA) is 75.8 Å². The van der Waals surface area contributed by atoms with Crippen LogP contribution in [0.5, 0.6) is 0 Å². The van der Waals surface area contributed by atoms with Crippen LogP contribution in [0.25, 0.3) is 16.7 Å². The zero-order valence-corrected chi connectivity index (χ0v) is 16.6. The van der Waals surface area contributed by atoms with Crippen molar-refractivity contribution in [3.05, 3.63) is 54.3 Å². The van der Waals surface area contributed by atoms with Crippen LogP contribution in [-0.2, 0) is 9.53 Å². The van der Waals surface area contributed by atoms with Crippen molar-refractivity contribution in [1.29, 1.82) is 0 Å². The molecule has 3 N–H and O–H groups in total. The van der Waals surface area contributed by atoms with Gasteiger partial charge in [0, 0.05) is 50.4 Å². The van der Waals surface area contributed by atoms with Crippen LogP contribution in [0.1, 0.15) is 5.56 Å². The number of fused-ring (bicyclic) bond motifs is 1. The molecule has 1 aromatic carbocycles. The highest BCUT2D eigenvalue weighted by Gasteiger charge is 2.14. The van der Waals surface area contributed by atoms with E-state index in [9.17, 15) is 4.79 Å². The van der Waals surface area contributed by atoms with Crippen LogP contribution >= 0.6 is 0 Å². The summed E-state index contributed by atoms with van der Waals surface area (Å²) >= 11 is 0. The molecule has 0 bridgehead atoms. The summed E-state index contributed by atoms with van der Waals surface area (Å²) in [4.78, 5) is 14.7. The van der Waals surface area contributed by atoms with E-state index in [2.05, 4.69) is 29.8 Å². The Hall–Kier alpha value is -2.61. The molecule has 28 heavy (non-hydrogen) atoms. The molecule has 7 nitrogen and oxygen atoms in total. The molecule has 0 aliphatic carbocycles. The summed E-state index contributed by atoms with van der Waals surface area (Å²) < 4.78 is 7.32. The fourth-order valence-electron chi connectivity index (χ4n) is 3.37. The average Bonchev–Trinajstić information content (AvgIpc) is 3.03. The third kappa shape index (κ3) is 4.62. The van der Waals surface area contributed by atoms with Gasteiger partial charge in [-0.3, -0.25) is 14.7 Å². The van der Waals surface area contributed by atoms with E-state index in [-0.39, 0.29) is 5.91 Å². The zero-order chi connectivity index (χ0) is 20.1. The standard InChI is InChI=1S/C21H29N5O2/c1-16(21(27)23-8-9-25-10-12-28-13-11-25)14-20(24(3)22)26-15-17(2)18-6-4-5-7-19(18)26/h4-7,14-15H,1,8-13,22H2,2-3H3,(H,23,27)/b20-14+. The third-order valence-corrected chi connectivity index (χ3v) is 4.93. The number of nitrogens with two attached hydrogens (primary N) is 1. The van der Waals surface area contributed by atoms with Gasteiger partial charge in [-0.25, -0.2) is 5.84 Å². The molecule has 1 aliphatic heterocycles. The Balaban J connectivity index is 1.70. The first-order valence-corrected chi connectivity index (χ1v) is 9.52. The van der Waals surface area contributed by atoms with Gasteiger partial charge in [0.2, 0.25) is 0 Å². The van der Waals surface area contributed by atoms with E-state index in [4.69, 9.17) is 10.6 Å². The van der Waals surface area contributed by atoms with Crippen molar-refractivity contribution in [1.82, 2.24) is 19.8 Å². The van der Waals surface area contributed by atoms with E-state index < -0.39 is 0 Å². The number of ether oxygens (including phenoxy) is 1. The number of carbonyl (C=O) groups is 1. The molecule has 1 aliphatic rings. The first-order chi connectivity index (χ1) is 13.5. The number of aromatic nitrogens is 1. The Kier molecular flexibility index (Phi) is 6.51. The summed E-state index contributed by atoms with van der Waals surface area (Å²) in [7, 11) is 1.75. The first-order valence-electron chi connectivity index (χ1n) is 9.52. The second-order valence-electron chi connectivity index (χ2n) is 7.05. The van der Waals surface area contributed by atoms with Crippen LogP contribution in [-0.4, -0.2) is 66.8 Å². The number of benzene rings is 1. The fraction of sp³-hybridized carbons (Fsp3) is 0.381. The van der Waals surface area contributed by atoms with E-state index in [1.807, 2.05) is 29.0 Å². The van der Waals surface area contributed by atoms with Gasteiger partial charge >= 0.3 is 0 Å². The van der Waals surface area contributed by atoms with Gasteiger partial charge in [-0.2, -0.15) is 0 Å². The molecule has 0 radical (unpaired) electrons. The van der Waals surface area contributed by atoms with Crippen LogP contribution in [0.2, 0.25) is 0 Å². The third-order valence-electron chi connectivity index (χ3n) is 4.93. The molecule has 1 saturated heterocycles. The molecule has 1 aromatic heterocycles. The molecule has 150 valence electrons. The Morgan fingerprint density at radius 1 is 1.36 bits per heavy atom. The molecular weight excluding hydrogens is 354 g/mol. The Morgan fingerprint density at radius 3 is 2.79 bits per heavy atom. The van der Waals surface area contributed by atoms with Crippen molar-refractivity contribution in [2.45, 2.75) is 6.92 Å². The number of aryl methyl sites for hydroxylation is 1. The van der Waals surface area contributed by atoms with Crippen LogP contribution in [0.3, 0.4) is 0 Å². The number of hydrogen-bond acceptors (Lipinski definition) is 5. The molecule has 0 saturated carbocycles. The quantitative estimate of drug-likeness (QED) is 0.328. The lowest BCUT2D eigenvalue weighted by molar-refractivity contribution is -0.117. The average molecular weight is 383 g/mol. The molecule has 0 atom stereocenters. The maximum Gasteiger partial charge on any atom is 0.250 e. The van der Waals surface area contributed by atoms with Crippen LogP contribution in [0.15, 0.2) is 48.7 Å². The highest BCUT2D eigenvalue weighted by molar-refractivity contribution is 5.97. The van der Waals surface area contributed by atoms with Crippen LogP contribution in [0.4, 0.5) is 0 Å². The lowest BCUT2D eigenvalue weighted by Gasteiger charge is -2.26. The van der Waals surface area contributed by atoms with Gasteiger partial charge in [-0.15, -0.1) is 0 Å². The molecule has 0 spiro atoms.